The number of alkyl halides is 1. The first-order chi connectivity index (χ1) is 5.96. The van der Waals surface area contributed by atoms with Crippen molar-refractivity contribution in [2.75, 3.05) is 0 Å². The predicted octanol–water partition coefficient (Wildman–Crippen LogP) is 4.62. The lowest BCUT2D eigenvalue weighted by molar-refractivity contribution is 0.355. The summed E-state index contributed by atoms with van der Waals surface area (Å²) in [5.74, 6) is 1.82. The average molecular weight is 247 g/mol. The Bertz CT molecular complexity index is 163. The summed E-state index contributed by atoms with van der Waals surface area (Å²) in [6.07, 6.45) is 5.46. The zero-order valence-corrected chi connectivity index (χ0v) is 11.0. The van der Waals surface area contributed by atoms with Crippen molar-refractivity contribution >= 4 is 15.9 Å². The molecule has 0 aliphatic heterocycles. The van der Waals surface area contributed by atoms with Crippen LogP contribution in [0.2, 0.25) is 0 Å². The summed E-state index contributed by atoms with van der Waals surface area (Å²) >= 11 is 3.86. The van der Waals surface area contributed by atoms with Crippen molar-refractivity contribution in [1.82, 2.24) is 0 Å². The summed E-state index contributed by atoms with van der Waals surface area (Å²) in [6, 6.07) is 0. The van der Waals surface area contributed by atoms with Crippen LogP contribution in [0.15, 0.2) is 0 Å². The Morgan fingerprint density at radius 3 is 2.38 bits per heavy atom. The van der Waals surface area contributed by atoms with Gasteiger partial charge in [0.2, 0.25) is 0 Å². The maximum absolute atomic E-state index is 3.86. The molecular formula is C12H23Br. The molecule has 0 heterocycles. The minimum absolute atomic E-state index is 0.587. The lowest BCUT2D eigenvalue weighted by Crippen LogP contribution is -2.17. The summed E-state index contributed by atoms with van der Waals surface area (Å²) in [5, 5.41) is 0. The molecule has 1 saturated carbocycles. The molecular weight excluding hydrogens is 224 g/mol. The molecule has 1 fully saturated rings. The van der Waals surface area contributed by atoms with Crippen molar-refractivity contribution in [1.29, 1.82) is 0 Å². The molecule has 0 nitrogen and oxygen atoms in total. The topological polar surface area (TPSA) is 0 Å². The predicted molar refractivity (Wildman–Crippen MR) is 63.3 cm³/mol. The molecule has 0 saturated heterocycles. The molecule has 0 spiro atoms. The van der Waals surface area contributed by atoms with Crippen LogP contribution in [-0.4, -0.2) is 4.83 Å². The molecule has 3 atom stereocenters. The minimum atomic E-state index is 0.587. The summed E-state index contributed by atoms with van der Waals surface area (Å²) in [5.41, 5.74) is 0.587. The molecule has 0 bridgehead atoms. The van der Waals surface area contributed by atoms with Gasteiger partial charge in [-0.3, -0.25) is 0 Å². The Kier molecular flexibility index (Phi) is 3.85. The van der Waals surface area contributed by atoms with E-state index in [2.05, 4.69) is 43.6 Å². The van der Waals surface area contributed by atoms with Gasteiger partial charge in [-0.25, -0.2) is 0 Å². The molecule has 13 heavy (non-hydrogen) atoms. The second kappa shape index (κ2) is 4.33. The molecule has 1 aliphatic carbocycles. The highest BCUT2D eigenvalue weighted by Crippen LogP contribution is 2.48. The van der Waals surface area contributed by atoms with E-state index in [9.17, 15) is 0 Å². The molecule has 1 rings (SSSR count). The minimum Gasteiger partial charge on any atom is -0.0888 e. The van der Waals surface area contributed by atoms with Gasteiger partial charge in [0, 0.05) is 4.83 Å². The van der Waals surface area contributed by atoms with Crippen LogP contribution >= 0.6 is 15.9 Å². The Hall–Kier alpha value is 0.480. The standard InChI is InChI=1S/C12H23Br/c1-5-6-11(13)10-8-12(3,4)7-9(10)2/h9-11H,5-8H2,1-4H3. The smallest absolute Gasteiger partial charge is 0.0176 e. The van der Waals surface area contributed by atoms with Gasteiger partial charge in [-0.1, -0.05) is 50.0 Å². The van der Waals surface area contributed by atoms with Crippen LogP contribution < -0.4 is 0 Å². The lowest BCUT2D eigenvalue weighted by atomic mass is 9.89. The van der Waals surface area contributed by atoms with Crippen molar-refractivity contribution in [3.63, 3.8) is 0 Å². The second-order valence-corrected chi connectivity index (χ2v) is 6.69. The second-order valence-electron chi connectivity index (χ2n) is 5.52. The normalized spacial score (nSPS) is 34.8. The van der Waals surface area contributed by atoms with Gasteiger partial charge in [0.1, 0.15) is 0 Å². The van der Waals surface area contributed by atoms with Gasteiger partial charge in [-0.2, -0.15) is 0 Å². The highest BCUT2D eigenvalue weighted by Gasteiger charge is 2.39. The third-order valence-electron chi connectivity index (χ3n) is 3.42. The maximum atomic E-state index is 3.86. The Morgan fingerprint density at radius 1 is 1.38 bits per heavy atom. The molecule has 3 unspecified atom stereocenters. The van der Waals surface area contributed by atoms with Gasteiger partial charge in [-0.05, 0) is 36.5 Å². The van der Waals surface area contributed by atoms with E-state index >= 15 is 0 Å². The first-order valence-corrected chi connectivity index (χ1v) is 6.52. The van der Waals surface area contributed by atoms with E-state index in [1.807, 2.05) is 0 Å². The molecule has 0 aromatic carbocycles. The van der Waals surface area contributed by atoms with E-state index in [0.29, 0.717) is 5.41 Å². The molecule has 1 aliphatic rings. The number of hydrogen-bond donors (Lipinski definition) is 0. The van der Waals surface area contributed by atoms with Crippen LogP contribution in [0.1, 0.15) is 53.4 Å². The van der Waals surface area contributed by atoms with E-state index in [0.717, 1.165) is 16.7 Å². The van der Waals surface area contributed by atoms with Gasteiger partial charge < -0.3 is 0 Å². The highest BCUT2D eigenvalue weighted by molar-refractivity contribution is 9.09. The number of halogens is 1. The number of hydrogen-bond acceptors (Lipinski definition) is 0. The Balaban J connectivity index is 2.52. The molecule has 78 valence electrons. The van der Waals surface area contributed by atoms with Crippen molar-refractivity contribution in [3.05, 3.63) is 0 Å². The monoisotopic (exact) mass is 246 g/mol. The van der Waals surface area contributed by atoms with Crippen LogP contribution in [-0.2, 0) is 0 Å². The third-order valence-corrected chi connectivity index (χ3v) is 4.56. The van der Waals surface area contributed by atoms with Gasteiger partial charge >= 0.3 is 0 Å². The van der Waals surface area contributed by atoms with E-state index < -0.39 is 0 Å². The van der Waals surface area contributed by atoms with Crippen LogP contribution in [0.5, 0.6) is 0 Å². The van der Waals surface area contributed by atoms with Crippen LogP contribution in [0.25, 0.3) is 0 Å². The first-order valence-electron chi connectivity index (χ1n) is 5.60. The molecule has 0 aromatic rings. The summed E-state index contributed by atoms with van der Waals surface area (Å²) < 4.78 is 0. The van der Waals surface area contributed by atoms with Crippen LogP contribution in [0, 0.1) is 17.3 Å². The fraction of sp³-hybridized carbons (Fsp3) is 1.00. The summed E-state index contributed by atoms with van der Waals surface area (Å²) in [6.45, 7) is 9.52. The molecule has 1 heteroatoms. The lowest BCUT2D eigenvalue weighted by Gasteiger charge is -2.22. The van der Waals surface area contributed by atoms with Gasteiger partial charge in [-0.15, -0.1) is 0 Å². The summed E-state index contributed by atoms with van der Waals surface area (Å²) in [7, 11) is 0. The fourth-order valence-electron chi connectivity index (χ4n) is 2.92. The van der Waals surface area contributed by atoms with Gasteiger partial charge in [0.25, 0.3) is 0 Å². The molecule has 0 aromatic heterocycles. The van der Waals surface area contributed by atoms with Gasteiger partial charge in [0.05, 0.1) is 0 Å². The average Bonchev–Trinajstić information content (AvgIpc) is 2.25. The van der Waals surface area contributed by atoms with Crippen molar-refractivity contribution in [2.24, 2.45) is 17.3 Å². The molecule has 0 radical (unpaired) electrons. The first kappa shape index (κ1) is 11.6. The SMILES string of the molecule is CCCC(Br)C1CC(C)(C)CC1C. The Labute approximate surface area is 91.6 Å². The third kappa shape index (κ3) is 2.97. The quantitative estimate of drug-likeness (QED) is 0.638. The maximum Gasteiger partial charge on any atom is 0.0176 e. The van der Waals surface area contributed by atoms with Crippen LogP contribution in [0.4, 0.5) is 0 Å². The van der Waals surface area contributed by atoms with Crippen molar-refractivity contribution < 1.29 is 0 Å². The highest BCUT2D eigenvalue weighted by atomic mass is 79.9. The van der Waals surface area contributed by atoms with Gasteiger partial charge in [0.15, 0.2) is 0 Å². The fourth-order valence-corrected chi connectivity index (χ4v) is 4.09. The zero-order valence-electron chi connectivity index (χ0n) is 9.44. The van der Waals surface area contributed by atoms with E-state index in [1.165, 1.54) is 25.7 Å². The number of rotatable bonds is 3. The molecule has 0 amide bonds. The van der Waals surface area contributed by atoms with E-state index in [1.54, 1.807) is 0 Å². The van der Waals surface area contributed by atoms with Crippen LogP contribution in [0.3, 0.4) is 0 Å². The van der Waals surface area contributed by atoms with Crippen molar-refractivity contribution in [2.45, 2.75) is 58.2 Å². The summed E-state index contributed by atoms with van der Waals surface area (Å²) in [4.78, 5) is 0.759. The zero-order chi connectivity index (χ0) is 10.1. The van der Waals surface area contributed by atoms with Crippen molar-refractivity contribution in [3.8, 4) is 0 Å². The largest absolute Gasteiger partial charge is 0.0888 e. The van der Waals surface area contributed by atoms with E-state index in [-0.39, 0.29) is 0 Å². The molecule has 0 N–H and O–H groups in total. The Morgan fingerprint density at radius 2 is 2.00 bits per heavy atom. The van der Waals surface area contributed by atoms with E-state index in [4.69, 9.17) is 0 Å².